The number of ether oxygens (including phenoxy) is 3. The molecule has 144 valence electrons. The van der Waals surface area contributed by atoms with Crippen molar-refractivity contribution in [1.82, 2.24) is 0 Å². The second kappa shape index (κ2) is 6.89. The lowest BCUT2D eigenvalue weighted by Crippen LogP contribution is -2.62. The van der Waals surface area contributed by atoms with Crippen molar-refractivity contribution in [3.63, 3.8) is 0 Å². The van der Waals surface area contributed by atoms with Gasteiger partial charge < -0.3 is 29.5 Å². The Bertz CT molecular complexity index is 820. The van der Waals surface area contributed by atoms with E-state index in [1.807, 2.05) is 42.5 Å². The van der Waals surface area contributed by atoms with Gasteiger partial charge in [-0.15, -0.1) is 0 Å². The van der Waals surface area contributed by atoms with E-state index < -0.39 is 30.2 Å². The third-order valence-corrected chi connectivity index (χ3v) is 5.46. The maximum absolute atomic E-state index is 10.6. The van der Waals surface area contributed by atoms with Gasteiger partial charge in [-0.2, -0.15) is 0 Å². The van der Waals surface area contributed by atoms with Gasteiger partial charge in [0.15, 0.2) is 0 Å². The van der Waals surface area contributed by atoms with Gasteiger partial charge in [0.05, 0.1) is 19.8 Å². The van der Waals surface area contributed by atoms with Crippen molar-refractivity contribution in [2.24, 2.45) is 0 Å². The molecule has 2 heterocycles. The Balaban J connectivity index is 1.65. The number of methoxy groups -OCH3 is 1. The van der Waals surface area contributed by atoms with Crippen LogP contribution in [0.2, 0.25) is 0 Å². The molecule has 1 spiro atoms. The van der Waals surface area contributed by atoms with Gasteiger partial charge in [0.1, 0.15) is 24.1 Å². The van der Waals surface area contributed by atoms with Crippen LogP contribution in [0.1, 0.15) is 29.2 Å². The van der Waals surface area contributed by atoms with Crippen LogP contribution < -0.4 is 4.74 Å². The summed E-state index contributed by atoms with van der Waals surface area (Å²) < 4.78 is 16.9. The average molecular weight is 372 g/mol. The Morgan fingerprint density at radius 1 is 1.04 bits per heavy atom. The van der Waals surface area contributed by atoms with Gasteiger partial charge in [0.25, 0.3) is 0 Å². The first-order chi connectivity index (χ1) is 12.9. The molecule has 5 atom stereocenters. The van der Waals surface area contributed by atoms with E-state index in [0.717, 1.165) is 22.4 Å². The highest BCUT2D eigenvalue weighted by Gasteiger charge is 2.57. The molecule has 27 heavy (non-hydrogen) atoms. The van der Waals surface area contributed by atoms with E-state index >= 15 is 0 Å². The molecule has 6 heteroatoms. The third kappa shape index (κ3) is 3.03. The summed E-state index contributed by atoms with van der Waals surface area (Å²) in [6.07, 6.45) is -3.85. The Hall–Kier alpha value is -1.96. The minimum absolute atomic E-state index is 0.282. The SMILES string of the molecule is COc1ccc(Cc2ccc3c(c2)[C@]2(OC3)O[C@H](C)[C@@H](O)[C@H](O)[C@H]2O)cc1. The van der Waals surface area contributed by atoms with Crippen LogP contribution in [0.4, 0.5) is 0 Å². The van der Waals surface area contributed by atoms with Crippen molar-refractivity contribution < 1.29 is 29.5 Å². The van der Waals surface area contributed by atoms with Gasteiger partial charge in [0.2, 0.25) is 5.79 Å². The van der Waals surface area contributed by atoms with Gasteiger partial charge in [0, 0.05) is 5.56 Å². The van der Waals surface area contributed by atoms with E-state index in [9.17, 15) is 15.3 Å². The standard InChI is InChI=1S/C21H24O6/c1-12-18(22)19(23)20(24)21(27-12)17-10-14(3-6-15(17)11-26-21)9-13-4-7-16(25-2)8-5-13/h3-8,10,12,18-20,22-24H,9,11H2,1-2H3/t12-,18-,19+,20-,21+/m1/s1. The highest BCUT2D eigenvalue weighted by atomic mass is 16.7. The first-order valence-corrected chi connectivity index (χ1v) is 9.06. The number of benzene rings is 2. The van der Waals surface area contributed by atoms with Gasteiger partial charge in [-0.05, 0) is 48.2 Å². The topological polar surface area (TPSA) is 88.4 Å². The first kappa shape index (κ1) is 18.4. The fourth-order valence-electron chi connectivity index (χ4n) is 3.87. The van der Waals surface area contributed by atoms with Crippen molar-refractivity contribution in [1.29, 1.82) is 0 Å². The molecule has 0 radical (unpaired) electrons. The van der Waals surface area contributed by atoms with E-state index in [-0.39, 0.29) is 6.61 Å². The Morgan fingerprint density at radius 2 is 1.74 bits per heavy atom. The zero-order chi connectivity index (χ0) is 19.2. The van der Waals surface area contributed by atoms with Crippen molar-refractivity contribution in [3.05, 3.63) is 64.7 Å². The van der Waals surface area contributed by atoms with E-state index in [1.54, 1.807) is 14.0 Å². The summed E-state index contributed by atoms with van der Waals surface area (Å²) >= 11 is 0. The fraction of sp³-hybridized carbons (Fsp3) is 0.429. The van der Waals surface area contributed by atoms with Crippen molar-refractivity contribution in [2.45, 2.75) is 50.2 Å². The second-order valence-corrected chi connectivity index (χ2v) is 7.22. The molecular weight excluding hydrogens is 348 g/mol. The van der Waals surface area contributed by atoms with E-state index in [0.29, 0.717) is 12.0 Å². The van der Waals surface area contributed by atoms with Crippen LogP contribution in [0.3, 0.4) is 0 Å². The molecule has 2 aromatic rings. The quantitative estimate of drug-likeness (QED) is 0.756. The van der Waals surface area contributed by atoms with E-state index in [1.165, 1.54) is 0 Å². The Morgan fingerprint density at radius 3 is 2.44 bits per heavy atom. The molecule has 3 N–H and O–H groups in total. The molecule has 1 fully saturated rings. The van der Waals surface area contributed by atoms with Crippen molar-refractivity contribution in [2.75, 3.05) is 7.11 Å². The Kier molecular flexibility index (Phi) is 4.70. The number of rotatable bonds is 3. The summed E-state index contributed by atoms with van der Waals surface area (Å²) in [5.41, 5.74) is 3.77. The maximum Gasteiger partial charge on any atom is 0.225 e. The lowest BCUT2D eigenvalue weighted by molar-refractivity contribution is -0.362. The highest BCUT2D eigenvalue weighted by Crippen LogP contribution is 2.46. The maximum atomic E-state index is 10.6. The second-order valence-electron chi connectivity index (χ2n) is 7.22. The molecule has 0 bridgehead atoms. The number of hydrogen-bond donors (Lipinski definition) is 3. The first-order valence-electron chi connectivity index (χ1n) is 9.06. The van der Waals surface area contributed by atoms with E-state index in [4.69, 9.17) is 14.2 Å². The van der Waals surface area contributed by atoms with Crippen LogP contribution in [0.25, 0.3) is 0 Å². The normalized spacial score (nSPS) is 32.5. The lowest BCUT2D eigenvalue weighted by Gasteiger charge is -2.45. The summed E-state index contributed by atoms with van der Waals surface area (Å²) in [4.78, 5) is 0. The predicted molar refractivity (Wildman–Crippen MR) is 97.3 cm³/mol. The smallest absolute Gasteiger partial charge is 0.225 e. The molecule has 0 aromatic heterocycles. The molecule has 6 nitrogen and oxygen atoms in total. The zero-order valence-corrected chi connectivity index (χ0v) is 15.3. The molecule has 4 rings (SSSR count). The highest BCUT2D eigenvalue weighted by molar-refractivity contribution is 5.41. The van der Waals surface area contributed by atoms with Gasteiger partial charge in [-0.3, -0.25) is 0 Å². The molecule has 2 aliphatic rings. The summed E-state index contributed by atoms with van der Waals surface area (Å²) in [5, 5.41) is 30.9. The Labute approximate surface area is 157 Å². The van der Waals surface area contributed by atoms with Crippen LogP contribution in [0.15, 0.2) is 42.5 Å². The average Bonchev–Trinajstić information content (AvgIpc) is 3.04. The van der Waals surface area contributed by atoms with Crippen LogP contribution in [-0.4, -0.2) is 46.8 Å². The van der Waals surface area contributed by atoms with Crippen molar-refractivity contribution >= 4 is 0 Å². The number of hydrogen-bond acceptors (Lipinski definition) is 6. The van der Waals surface area contributed by atoms with Crippen molar-refractivity contribution in [3.8, 4) is 5.75 Å². The molecule has 0 amide bonds. The van der Waals surface area contributed by atoms with Crippen LogP contribution in [-0.2, 0) is 28.3 Å². The molecule has 2 aliphatic heterocycles. The molecule has 0 saturated carbocycles. The van der Waals surface area contributed by atoms with E-state index in [2.05, 4.69) is 0 Å². The van der Waals surface area contributed by atoms with Crippen LogP contribution >= 0.6 is 0 Å². The minimum Gasteiger partial charge on any atom is -0.497 e. The summed E-state index contributed by atoms with van der Waals surface area (Å²) in [7, 11) is 1.64. The number of aliphatic hydroxyl groups excluding tert-OH is 3. The molecule has 2 aromatic carbocycles. The van der Waals surface area contributed by atoms with Crippen LogP contribution in [0.5, 0.6) is 5.75 Å². The molecular formula is C21H24O6. The summed E-state index contributed by atoms with van der Waals surface area (Å²) in [6, 6.07) is 13.8. The zero-order valence-electron chi connectivity index (χ0n) is 15.3. The largest absolute Gasteiger partial charge is 0.497 e. The number of aliphatic hydroxyl groups is 3. The minimum atomic E-state index is -1.46. The third-order valence-electron chi connectivity index (χ3n) is 5.46. The molecule has 0 unspecified atom stereocenters. The van der Waals surface area contributed by atoms with Crippen LogP contribution in [0, 0.1) is 0 Å². The monoisotopic (exact) mass is 372 g/mol. The summed E-state index contributed by atoms with van der Waals surface area (Å²) in [5.74, 6) is -0.649. The summed E-state index contributed by atoms with van der Waals surface area (Å²) in [6.45, 7) is 1.94. The lowest BCUT2D eigenvalue weighted by atomic mass is 9.86. The number of fused-ring (bicyclic) bond motifs is 2. The fourth-order valence-corrected chi connectivity index (χ4v) is 3.87. The van der Waals surface area contributed by atoms with Gasteiger partial charge in [-0.1, -0.05) is 24.3 Å². The van der Waals surface area contributed by atoms with Gasteiger partial charge in [-0.25, -0.2) is 0 Å². The molecule has 1 saturated heterocycles. The molecule has 0 aliphatic carbocycles. The van der Waals surface area contributed by atoms with Gasteiger partial charge >= 0.3 is 0 Å². The predicted octanol–water partition coefficient (Wildman–Crippen LogP) is 1.47.